The highest BCUT2D eigenvalue weighted by Gasteiger charge is 2.31. The Morgan fingerprint density at radius 2 is 1.71 bits per heavy atom. The normalized spacial score (nSPS) is 26.4. The minimum Gasteiger partial charge on any atom is -0.491 e. The average molecular weight is 427 g/mol. The quantitative estimate of drug-likeness (QED) is 0.452. The van der Waals surface area contributed by atoms with E-state index >= 15 is 0 Å². The molecule has 2 fully saturated rings. The van der Waals surface area contributed by atoms with Crippen LogP contribution in [0.2, 0.25) is 0 Å². The monoisotopic (exact) mass is 426 g/mol. The van der Waals surface area contributed by atoms with Gasteiger partial charge in [-0.15, -0.1) is 6.58 Å². The molecule has 1 aliphatic heterocycles. The molecule has 1 heterocycles. The van der Waals surface area contributed by atoms with Crippen LogP contribution in [0.3, 0.4) is 0 Å². The molecule has 0 amide bonds. The van der Waals surface area contributed by atoms with Crippen molar-refractivity contribution < 1.29 is 18.3 Å². The second-order valence-corrected chi connectivity index (χ2v) is 8.85. The summed E-state index contributed by atoms with van der Waals surface area (Å²) in [5, 5.41) is 0. The van der Waals surface area contributed by atoms with Gasteiger partial charge >= 0.3 is 0 Å². The van der Waals surface area contributed by atoms with Gasteiger partial charge in [0.25, 0.3) is 0 Å². The predicted molar refractivity (Wildman–Crippen MR) is 120 cm³/mol. The van der Waals surface area contributed by atoms with Gasteiger partial charge in [-0.3, -0.25) is 0 Å². The van der Waals surface area contributed by atoms with Crippen LogP contribution in [0.1, 0.15) is 56.9 Å². The van der Waals surface area contributed by atoms with Crippen molar-refractivity contribution in [3.63, 3.8) is 0 Å². The molecule has 4 heteroatoms. The lowest BCUT2D eigenvalue weighted by molar-refractivity contribution is -0.0469. The molecule has 2 nitrogen and oxygen atoms in total. The van der Waals surface area contributed by atoms with E-state index in [1.165, 1.54) is 30.9 Å². The minimum absolute atomic E-state index is 0.0425. The van der Waals surface area contributed by atoms with Gasteiger partial charge in [0.2, 0.25) is 5.82 Å². The van der Waals surface area contributed by atoms with Gasteiger partial charge in [-0.05, 0) is 80.5 Å². The fraction of sp³-hybridized carbons (Fsp3) is 0.481. The molecule has 1 saturated carbocycles. The van der Waals surface area contributed by atoms with Gasteiger partial charge in [0.1, 0.15) is 0 Å². The maximum absolute atomic E-state index is 14.5. The zero-order valence-corrected chi connectivity index (χ0v) is 18.3. The van der Waals surface area contributed by atoms with Crippen LogP contribution in [0.15, 0.2) is 49.1 Å². The van der Waals surface area contributed by atoms with E-state index in [1.807, 2.05) is 18.2 Å². The first-order chi connectivity index (χ1) is 15.1. The molecule has 166 valence electrons. The summed E-state index contributed by atoms with van der Waals surface area (Å²) >= 11 is 0. The lowest BCUT2D eigenvalue weighted by atomic mass is 9.75. The minimum atomic E-state index is -0.925. The van der Waals surface area contributed by atoms with Gasteiger partial charge < -0.3 is 9.47 Å². The number of halogens is 2. The second-order valence-electron chi connectivity index (χ2n) is 8.85. The van der Waals surface area contributed by atoms with E-state index < -0.39 is 11.6 Å². The molecule has 2 aromatic carbocycles. The van der Waals surface area contributed by atoms with Crippen molar-refractivity contribution in [3.8, 4) is 16.9 Å². The smallest absolute Gasteiger partial charge is 0.201 e. The molecule has 2 atom stereocenters. The largest absolute Gasteiger partial charge is 0.491 e. The summed E-state index contributed by atoms with van der Waals surface area (Å²) in [5.74, 6) is -0.130. The molecule has 2 aliphatic rings. The SMILES string of the molecule is C=CC1CCC(C2CCC(c3ccc(-c4ccc(OCC)c(F)c4F)cc3)CC2)OC1. The van der Waals surface area contributed by atoms with Gasteiger partial charge in [0, 0.05) is 11.5 Å². The third-order valence-electron chi connectivity index (χ3n) is 7.02. The number of hydrogen-bond acceptors (Lipinski definition) is 2. The molecule has 0 bridgehead atoms. The van der Waals surface area contributed by atoms with Crippen molar-refractivity contribution in [2.75, 3.05) is 13.2 Å². The van der Waals surface area contributed by atoms with Crippen molar-refractivity contribution in [1.29, 1.82) is 0 Å². The Morgan fingerprint density at radius 1 is 0.968 bits per heavy atom. The van der Waals surface area contributed by atoms with E-state index in [9.17, 15) is 8.78 Å². The van der Waals surface area contributed by atoms with Crippen LogP contribution < -0.4 is 4.74 Å². The van der Waals surface area contributed by atoms with E-state index in [-0.39, 0.29) is 11.3 Å². The topological polar surface area (TPSA) is 18.5 Å². The molecule has 0 spiro atoms. The second kappa shape index (κ2) is 9.95. The van der Waals surface area contributed by atoms with Gasteiger partial charge in [-0.1, -0.05) is 30.3 Å². The summed E-state index contributed by atoms with van der Waals surface area (Å²) in [7, 11) is 0. The molecule has 31 heavy (non-hydrogen) atoms. The molecule has 0 N–H and O–H groups in total. The number of rotatable bonds is 6. The zero-order chi connectivity index (χ0) is 21.8. The lowest BCUT2D eigenvalue weighted by Crippen LogP contribution is -2.33. The Balaban J connectivity index is 1.37. The highest BCUT2D eigenvalue weighted by Crippen LogP contribution is 2.40. The predicted octanol–water partition coefficient (Wildman–Crippen LogP) is 7.29. The van der Waals surface area contributed by atoms with Gasteiger partial charge in [-0.2, -0.15) is 4.39 Å². The Hall–Kier alpha value is -2.20. The molecular weight excluding hydrogens is 394 g/mol. The molecule has 0 radical (unpaired) electrons. The fourth-order valence-corrected chi connectivity index (χ4v) is 5.13. The van der Waals surface area contributed by atoms with Gasteiger partial charge in [0.15, 0.2) is 11.6 Å². The summed E-state index contributed by atoms with van der Waals surface area (Å²) in [5.41, 5.74) is 2.23. The number of ether oxygens (including phenoxy) is 2. The standard InChI is InChI=1S/C27H32F2O2/c1-3-18-5-15-24(31-17-18)22-12-8-20(9-13-22)19-6-10-21(11-7-19)23-14-16-25(30-4-2)27(29)26(23)28/h3,6-7,10-11,14,16,18,20,22,24H,1,4-5,8-9,12-13,15,17H2,2H3. The lowest BCUT2D eigenvalue weighted by Gasteiger charge is -2.37. The Labute approximate surface area is 184 Å². The number of benzene rings is 2. The van der Waals surface area contributed by atoms with Crippen molar-refractivity contribution in [3.05, 3.63) is 66.3 Å². The van der Waals surface area contributed by atoms with Crippen molar-refractivity contribution in [2.45, 2.75) is 57.5 Å². The first kappa shape index (κ1) is 22.0. The zero-order valence-electron chi connectivity index (χ0n) is 18.3. The van der Waals surface area contributed by atoms with Crippen molar-refractivity contribution in [1.82, 2.24) is 0 Å². The van der Waals surface area contributed by atoms with Crippen LogP contribution in [0.4, 0.5) is 8.78 Å². The maximum atomic E-state index is 14.5. The van der Waals surface area contributed by atoms with Crippen LogP contribution >= 0.6 is 0 Å². The molecule has 4 rings (SSSR count). The molecule has 1 saturated heterocycles. The Morgan fingerprint density at radius 3 is 2.32 bits per heavy atom. The van der Waals surface area contributed by atoms with E-state index in [0.29, 0.717) is 36.0 Å². The van der Waals surface area contributed by atoms with Crippen LogP contribution in [0.25, 0.3) is 11.1 Å². The maximum Gasteiger partial charge on any atom is 0.201 e. The van der Waals surface area contributed by atoms with E-state index in [1.54, 1.807) is 13.0 Å². The third-order valence-corrected chi connectivity index (χ3v) is 7.02. The highest BCUT2D eigenvalue weighted by atomic mass is 19.2. The first-order valence-corrected chi connectivity index (χ1v) is 11.6. The van der Waals surface area contributed by atoms with Gasteiger partial charge in [-0.25, -0.2) is 4.39 Å². The molecule has 2 unspecified atom stereocenters. The average Bonchev–Trinajstić information content (AvgIpc) is 2.83. The fourth-order valence-electron chi connectivity index (χ4n) is 5.13. The molecule has 2 aromatic rings. The summed E-state index contributed by atoms with van der Waals surface area (Å²) < 4.78 is 40.0. The van der Waals surface area contributed by atoms with Crippen molar-refractivity contribution >= 4 is 0 Å². The van der Waals surface area contributed by atoms with Gasteiger partial charge in [0.05, 0.1) is 19.3 Å². The third kappa shape index (κ3) is 4.85. The molecule has 1 aliphatic carbocycles. The molecule has 0 aromatic heterocycles. The van der Waals surface area contributed by atoms with Crippen LogP contribution in [0.5, 0.6) is 5.75 Å². The summed E-state index contributed by atoms with van der Waals surface area (Å²) in [6.45, 7) is 6.75. The van der Waals surface area contributed by atoms with E-state index in [2.05, 4.69) is 18.7 Å². The summed E-state index contributed by atoms with van der Waals surface area (Å²) in [6, 6.07) is 11.0. The Bertz CT molecular complexity index is 877. The first-order valence-electron chi connectivity index (χ1n) is 11.6. The molecular formula is C27H32F2O2. The summed E-state index contributed by atoms with van der Waals surface area (Å²) in [4.78, 5) is 0. The van der Waals surface area contributed by atoms with Crippen LogP contribution in [-0.4, -0.2) is 19.3 Å². The Kier molecular flexibility index (Phi) is 7.06. The van der Waals surface area contributed by atoms with Crippen LogP contribution in [0, 0.1) is 23.5 Å². The van der Waals surface area contributed by atoms with E-state index in [4.69, 9.17) is 9.47 Å². The van der Waals surface area contributed by atoms with Crippen molar-refractivity contribution in [2.24, 2.45) is 11.8 Å². The summed E-state index contributed by atoms with van der Waals surface area (Å²) in [6.07, 6.45) is 9.44. The highest BCUT2D eigenvalue weighted by molar-refractivity contribution is 5.65. The van der Waals surface area contributed by atoms with E-state index in [0.717, 1.165) is 25.9 Å². The number of hydrogen-bond donors (Lipinski definition) is 0. The van der Waals surface area contributed by atoms with Crippen LogP contribution in [-0.2, 0) is 4.74 Å².